The SMILES string of the molecule is CCC(C)Oc1cc(C)ccc1CNC(=NC)NCc1ccc(-n2ccnc2C)nc1. The maximum absolute atomic E-state index is 6.11. The average Bonchev–Trinajstić information content (AvgIpc) is 3.21. The number of hydrogen-bond donors (Lipinski definition) is 2. The van der Waals surface area contributed by atoms with Crippen molar-refractivity contribution in [2.75, 3.05) is 7.05 Å². The summed E-state index contributed by atoms with van der Waals surface area (Å²) in [6, 6.07) is 10.3. The van der Waals surface area contributed by atoms with Gasteiger partial charge in [-0.1, -0.05) is 25.1 Å². The van der Waals surface area contributed by atoms with Gasteiger partial charge < -0.3 is 15.4 Å². The Labute approximate surface area is 184 Å². The molecule has 0 fully saturated rings. The zero-order chi connectivity index (χ0) is 22.2. The lowest BCUT2D eigenvalue weighted by atomic mass is 10.1. The van der Waals surface area contributed by atoms with E-state index in [0.29, 0.717) is 13.1 Å². The summed E-state index contributed by atoms with van der Waals surface area (Å²) in [6.45, 7) is 9.51. The highest BCUT2D eigenvalue weighted by Gasteiger charge is 2.09. The van der Waals surface area contributed by atoms with Crippen LogP contribution in [0.5, 0.6) is 5.75 Å². The molecular weight excluding hydrogens is 388 g/mol. The Morgan fingerprint density at radius 1 is 1.13 bits per heavy atom. The molecule has 0 bridgehead atoms. The normalized spacial score (nSPS) is 12.5. The van der Waals surface area contributed by atoms with Gasteiger partial charge in [-0.25, -0.2) is 9.97 Å². The number of pyridine rings is 1. The van der Waals surface area contributed by atoms with Gasteiger partial charge in [0.1, 0.15) is 17.4 Å². The molecule has 7 nitrogen and oxygen atoms in total. The Kier molecular flexibility index (Phi) is 7.65. The number of rotatable bonds is 8. The Morgan fingerprint density at radius 2 is 1.94 bits per heavy atom. The molecule has 1 aromatic carbocycles. The second-order valence-corrected chi connectivity index (χ2v) is 7.60. The molecule has 0 spiro atoms. The van der Waals surface area contributed by atoms with Crippen molar-refractivity contribution in [3.8, 4) is 11.6 Å². The highest BCUT2D eigenvalue weighted by Crippen LogP contribution is 2.22. The van der Waals surface area contributed by atoms with Crippen molar-refractivity contribution in [2.45, 2.75) is 53.3 Å². The summed E-state index contributed by atoms with van der Waals surface area (Å²) < 4.78 is 8.06. The number of nitrogens with zero attached hydrogens (tertiary/aromatic N) is 4. The first-order chi connectivity index (χ1) is 15.0. The maximum Gasteiger partial charge on any atom is 0.191 e. The Hall–Kier alpha value is -3.35. The predicted molar refractivity (Wildman–Crippen MR) is 125 cm³/mol. The Bertz CT molecular complexity index is 1010. The van der Waals surface area contributed by atoms with E-state index in [0.717, 1.165) is 40.9 Å². The minimum Gasteiger partial charge on any atom is -0.490 e. The van der Waals surface area contributed by atoms with Gasteiger partial charge in [-0.05, 0) is 50.5 Å². The third kappa shape index (κ3) is 6.07. The number of benzene rings is 1. The van der Waals surface area contributed by atoms with Crippen LogP contribution in [0.3, 0.4) is 0 Å². The van der Waals surface area contributed by atoms with Crippen molar-refractivity contribution in [3.63, 3.8) is 0 Å². The van der Waals surface area contributed by atoms with Crippen LogP contribution in [0.1, 0.15) is 42.8 Å². The van der Waals surface area contributed by atoms with Crippen LogP contribution < -0.4 is 15.4 Å². The van der Waals surface area contributed by atoms with Crippen LogP contribution in [0, 0.1) is 13.8 Å². The molecule has 2 N–H and O–H groups in total. The molecule has 0 aliphatic rings. The summed E-state index contributed by atoms with van der Waals surface area (Å²) in [5, 5.41) is 6.72. The Balaban J connectivity index is 1.57. The molecule has 1 unspecified atom stereocenters. The number of ether oxygens (including phenoxy) is 1. The van der Waals surface area contributed by atoms with Gasteiger partial charge in [0, 0.05) is 44.3 Å². The van der Waals surface area contributed by atoms with E-state index in [2.05, 4.69) is 70.6 Å². The van der Waals surface area contributed by atoms with Crippen molar-refractivity contribution in [1.29, 1.82) is 0 Å². The summed E-state index contributed by atoms with van der Waals surface area (Å²) in [7, 11) is 1.77. The molecule has 2 heterocycles. The van der Waals surface area contributed by atoms with Gasteiger partial charge in [0.25, 0.3) is 0 Å². The van der Waals surface area contributed by atoms with E-state index in [4.69, 9.17) is 4.74 Å². The Morgan fingerprint density at radius 3 is 2.58 bits per heavy atom. The van der Waals surface area contributed by atoms with Gasteiger partial charge in [-0.2, -0.15) is 0 Å². The number of aromatic nitrogens is 3. The lowest BCUT2D eigenvalue weighted by molar-refractivity contribution is 0.215. The van der Waals surface area contributed by atoms with Crippen LogP contribution in [0.25, 0.3) is 5.82 Å². The third-order valence-corrected chi connectivity index (χ3v) is 5.14. The van der Waals surface area contributed by atoms with E-state index in [1.807, 2.05) is 30.0 Å². The fourth-order valence-electron chi connectivity index (χ4n) is 3.09. The van der Waals surface area contributed by atoms with Crippen LogP contribution in [-0.4, -0.2) is 33.6 Å². The molecule has 0 saturated carbocycles. The second kappa shape index (κ2) is 10.6. The van der Waals surface area contributed by atoms with Gasteiger partial charge in [0.05, 0.1) is 6.10 Å². The van der Waals surface area contributed by atoms with E-state index >= 15 is 0 Å². The number of nitrogens with one attached hydrogen (secondary N) is 2. The first-order valence-corrected chi connectivity index (χ1v) is 10.7. The second-order valence-electron chi connectivity index (χ2n) is 7.60. The number of guanidine groups is 1. The van der Waals surface area contributed by atoms with Gasteiger partial charge in [-0.15, -0.1) is 0 Å². The molecule has 3 rings (SSSR count). The minimum atomic E-state index is 0.180. The zero-order valence-corrected chi connectivity index (χ0v) is 19.0. The molecule has 3 aromatic rings. The average molecular weight is 421 g/mol. The molecule has 0 amide bonds. The number of aryl methyl sites for hydroxylation is 2. The zero-order valence-electron chi connectivity index (χ0n) is 19.0. The van der Waals surface area contributed by atoms with Crippen LogP contribution in [-0.2, 0) is 13.1 Å². The summed E-state index contributed by atoms with van der Waals surface area (Å²) in [5.74, 6) is 3.42. The van der Waals surface area contributed by atoms with Crippen LogP contribution in [0.4, 0.5) is 0 Å². The third-order valence-electron chi connectivity index (χ3n) is 5.14. The standard InChI is InChI=1S/C24H32N6O/c1-6-18(3)31-22-13-17(2)7-9-21(22)16-29-24(25-5)28-15-20-8-10-23(27-14-20)30-12-11-26-19(30)4/h7-14,18H,6,15-16H2,1-5H3,(H2,25,28,29). The molecule has 31 heavy (non-hydrogen) atoms. The van der Waals surface area contributed by atoms with E-state index < -0.39 is 0 Å². The van der Waals surface area contributed by atoms with Crippen LogP contribution in [0.15, 0.2) is 53.9 Å². The highest BCUT2D eigenvalue weighted by molar-refractivity contribution is 5.79. The molecule has 0 saturated heterocycles. The van der Waals surface area contributed by atoms with Gasteiger partial charge in [0.15, 0.2) is 5.96 Å². The fraction of sp³-hybridized carbons (Fsp3) is 0.375. The lowest BCUT2D eigenvalue weighted by Gasteiger charge is -2.18. The quantitative estimate of drug-likeness (QED) is 0.427. The first-order valence-electron chi connectivity index (χ1n) is 10.7. The van der Waals surface area contributed by atoms with Crippen molar-refractivity contribution in [2.24, 2.45) is 4.99 Å². The monoisotopic (exact) mass is 420 g/mol. The largest absolute Gasteiger partial charge is 0.490 e. The van der Waals surface area contributed by atoms with E-state index in [-0.39, 0.29) is 6.10 Å². The molecule has 7 heteroatoms. The van der Waals surface area contributed by atoms with Gasteiger partial charge >= 0.3 is 0 Å². The fourth-order valence-corrected chi connectivity index (χ4v) is 3.09. The molecule has 0 aliphatic heterocycles. The number of imidazole rings is 1. The van der Waals surface area contributed by atoms with Crippen LogP contribution >= 0.6 is 0 Å². The van der Waals surface area contributed by atoms with Gasteiger partial charge in [0.2, 0.25) is 0 Å². The summed E-state index contributed by atoms with van der Waals surface area (Å²) in [5.41, 5.74) is 3.36. The molecular formula is C24H32N6O. The summed E-state index contributed by atoms with van der Waals surface area (Å²) in [4.78, 5) is 13.1. The topological polar surface area (TPSA) is 76.4 Å². The number of hydrogen-bond acceptors (Lipinski definition) is 4. The lowest BCUT2D eigenvalue weighted by Crippen LogP contribution is -2.36. The van der Waals surface area contributed by atoms with Crippen molar-refractivity contribution in [3.05, 3.63) is 71.4 Å². The first kappa shape index (κ1) is 22.3. The summed E-state index contributed by atoms with van der Waals surface area (Å²) in [6.07, 6.45) is 6.70. The molecule has 2 aromatic heterocycles. The van der Waals surface area contributed by atoms with Crippen molar-refractivity contribution < 1.29 is 4.74 Å². The predicted octanol–water partition coefficient (Wildman–Crippen LogP) is 3.93. The van der Waals surface area contributed by atoms with Crippen molar-refractivity contribution >= 4 is 5.96 Å². The van der Waals surface area contributed by atoms with Gasteiger partial charge in [-0.3, -0.25) is 9.56 Å². The van der Waals surface area contributed by atoms with E-state index in [1.165, 1.54) is 5.56 Å². The number of aliphatic imine (C=N–C) groups is 1. The molecule has 164 valence electrons. The van der Waals surface area contributed by atoms with Crippen molar-refractivity contribution in [1.82, 2.24) is 25.2 Å². The maximum atomic E-state index is 6.11. The molecule has 0 radical (unpaired) electrons. The summed E-state index contributed by atoms with van der Waals surface area (Å²) >= 11 is 0. The minimum absolute atomic E-state index is 0.180. The van der Waals surface area contributed by atoms with E-state index in [9.17, 15) is 0 Å². The smallest absolute Gasteiger partial charge is 0.191 e. The van der Waals surface area contributed by atoms with Crippen LogP contribution in [0.2, 0.25) is 0 Å². The van der Waals surface area contributed by atoms with E-state index in [1.54, 1.807) is 13.2 Å². The molecule has 1 atom stereocenters. The highest BCUT2D eigenvalue weighted by atomic mass is 16.5. The molecule has 0 aliphatic carbocycles.